The van der Waals surface area contributed by atoms with Gasteiger partial charge in [0.05, 0.1) is 11.5 Å². The molecule has 0 saturated carbocycles. The minimum Gasteiger partial charge on any atom is -0.486 e. The summed E-state index contributed by atoms with van der Waals surface area (Å²) in [6.45, 7) is 0.539. The van der Waals surface area contributed by atoms with E-state index in [1.165, 1.54) is 12.1 Å². The summed E-state index contributed by atoms with van der Waals surface area (Å²) in [5.41, 5.74) is 0.946. The predicted octanol–water partition coefficient (Wildman–Crippen LogP) is 1.34. The van der Waals surface area contributed by atoms with Crippen LogP contribution in [0.4, 0.5) is 0 Å². The summed E-state index contributed by atoms with van der Waals surface area (Å²) in [6, 6.07) is 13.3. The highest BCUT2D eigenvalue weighted by Gasteiger charge is 2.22. The van der Waals surface area contributed by atoms with Crippen molar-refractivity contribution >= 4 is 10.0 Å². The number of fused-ring (bicyclic) bond motifs is 1. The van der Waals surface area contributed by atoms with E-state index in [-0.39, 0.29) is 11.5 Å². The summed E-state index contributed by atoms with van der Waals surface area (Å²) in [5.74, 6) is 0.941. The van der Waals surface area contributed by atoms with Gasteiger partial charge in [-0.25, -0.2) is 13.1 Å². The van der Waals surface area contributed by atoms with E-state index in [1.807, 2.05) is 30.3 Å². The van der Waals surface area contributed by atoms with Crippen LogP contribution in [0.1, 0.15) is 5.56 Å². The summed E-state index contributed by atoms with van der Waals surface area (Å²) in [7, 11) is -3.77. The topological polar surface area (TPSA) is 84.9 Å². The summed E-state index contributed by atoms with van der Waals surface area (Å²) in [5, 5.41) is 9.52. The number of hydrogen-bond donors (Lipinski definition) is 2. The summed E-state index contributed by atoms with van der Waals surface area (Å²) in [6.07, 6.45) is 0.404. The third kappa shape index (κ3) is 3.87. The fourth-order valence-corrected chi connectivity index (χ4v) is 3.76. The van der Waals surface area contributed by atoms with Gasteiger partial charge in [0.25, 0.3) is 0 Å². The average molecular weight is 349 g/mol. The minimum absolute atomic E-state index is 0.0817. The highest BCUT2D eigenvalue weighted by Crippen LogP contribution is 2.32. The second-order valence-corrected chi connectivity index (χ2v) is 7.21. The lowest BCUT2D eigenvalue weighted by atomic mass is 10.1. The highest BCUT2D eigenvalue weighted by atomic mass is 32.2. The second kappa shape index (κ2) is 7.21. The van der Waals surface area contributed by atoms with Gasteiger partial charge in [-0.1, -0.05) is 30.3 Å². The molecule has 3 rings (SSSR count). The van der Waals surface area contributed by atoms with E-state index in [0.29, 0.717) is 31.1 Å². The van der Waals surface area contributed by atoms with E-state index in [9.17, 15) is 13.5 Å². The summed E-state index contributed by atoms with van der Waals surface area (Å²) in [4.78, 5) is 0.0817. The van der Waals surface area contributed by atoms with Crippen molar-refractivity contribution in [3.63, 3.8) is 0 Å². The standard InChI is InChI=1S/C17H19NO5S/c19-12-14(10-13-4-2-1-3-5-13)18-24(20,21)15-6-7-16-17(11-15)23-9-8-22-16/h1-7,11,14,18-19H,8-10,12H2. The lowest BCUT2D eigenvalue weighted by molar-refractivity contribution is 0.171. The highest BCUT2D eigenvalue weighted by molar-refractivity contribution is 7.89. The Morgan fingerprint density at radius 1 is 1.04 bits per heavy atom. The van der Waals surface area contributed by atoms with Crippen LogP contribution in [0.25, 0.3) is 0 Å². The molecule has 7 heteroatoms. The number of aliphatic hydroxyl groups is 1. The third-order valence-electron chi connectivity index (χ3n) is 3.69. The van der Waals surface area contributed by atoms with Crippen molar-refractivity contribution in [2.24, 2.45) is 0 Å². The Bertz CT molecular complexity index is 792. The molecule has 24 heavy (non-hydrogen) atoms. The molecule has 0 amide bonds. The van der Waals surface area contributed by atoms with Crippen LogP contribution in [-0.4, -0.2) is 39.4 Å². The van der Waals surface area contributed by atoms with Crippen LogP contribution in [0.15, 0.2) is 53.4 Å². The van der Waals surface area contributed by atoms with Gasteiger partial charge < -0.3 is 14.6 Å². The average Bonchev–Trinajstić information content (AvgIpc) is 2.61. The van der Waals surface area contributed by atoms with Crippen molar-refractivity contribution in [3.8, 4) is 11.5 Å². The molecule has 128 valence electrons. The largest absolute Gasteiger partial charge is 0.486 e. The van der Waals surface area contributed by atoms with Crippen LogP contribution >= 0.6 is 0 Å². The first-order chi connectivity index (χ1) is 11.6. The monoisotopic (exact) mass is 349 g/mol. The van der Waals surface area contributed by atoms with E-state index in [1.54, 1.807) is 6.07 Å². The number of rotatable bonds is 6. The first-order valence-corrected chi connectivity index (χ1v) is 9.13. The van der Waals surface area contributed by atoms with Crippen LogP contribution in [0.2, 0.25) is 0 Å². The van der Waals surface area contributed by atoms with Gasteiger partial charge in [0, 0.05) is 12.1 Å². The zero-order valence-electron chi connectivity index (χ0n) is 13.0. The number of nitrogens with one attached hydrogen (secondary N) is 1. The maximum Gasteiger partial charge on any atom is 0.241 e. The van der Waals surface area contributed by atoms with Crippen LogP contribution < -0.4 is 14.2 Å². The van der Waals surface area contributed by atoms with E-state index in [2.05, 4.69) is 4.72 Å². The van der Waals surface area contributed by atoms with E-state index >= 15 is 0 Å². The smallest absolute Gasteiger partial charge is 0.241 e. The molecule has 0 saturated heterocycles. The van der Waals surface area contributed by atoms with Crippen molar-refractivity contribution < 1.29 is 23.0 Å². The number of ether oxygens (including phenoxy) is 2. The van der Waals surface area contributed by atoms with E-state index < -0.39 is 16.1 Å². The Balaban J connectivity index is 1.77. The van der Waals surface area contributed by atoms with Crippen LogP contribution in [0.3, 0.4) is 0 Å². The predicted molar refractivity (Wildman–Crippen MR) is 88.8 cm³/mol. The van der Waals surface area contributed by atoms with Gasteiger partial charge in [-0.15, -0.1) is 0 Å². The molecule has 0 bridgehead atoms. The maximum absolute atomic E-state index is 12.6. The molecule has 2 aromatic rings. The van der Waals surface area contributed by atoms with Crippen LogP contribution in [0.5, 0.6) is 11.5 Å². The number of sulfonamides is 1. The van der Waals surface area contributed by atoms with Crippen molar-refractivity contribution in [3.05, 3.63) is 54.1 Å². The Hall–Kier alpha value is -2.09. The Kier molecular flexibility index (Phi) is 5.03. The Labute approximate surface area is 141 Å². The molecule has 0 aliphatic carbocycles. The Morgan fingerprint density at radius 3 is 2.46 bits per heavy atom. The molecular weight excluding hydrogens is 330 g/mol. The molecule has 2 N–H and O–H groups in total. The number of hydrogen-bond acceptors (Lipinski definition) is 5. The molecule has 1 heterocycles. The molecule has 1 unspecified atom stereocenters. The zero-order chi connectivity index (χ0) is 17.0. The van der Waals surface area contributed by atoms with E-state index in [0.717, 1.165) is 5.56 Å². The summed E-state index contributed by atoms with van der Waals surface area (Å²) < 4.78 is 38.5. The molecule has 0 aromatic heterocycles. The maximum atomic E-state index is 12.6. The van der Waals surface area contributed by atoms with Gasteiger partial charge in [-0.3, -0.25) is 0 Å². The van der Waals surface area contributed by atoms with Crippen LogP contribution in [0, 0.1) is 0 Å². The Morgan fingerprint density at radius 2 is 1.75 bits per heavy atom. The lowest BCUT2D eigenvalue weighted by Gasteiger charge is -2.20. The molecule has 2 aromatic carbocycles. The SMILES string of the molecule is O=S(=O)(NC(CO)Cc1ccccc1)c1ccc2c(c1)OCCO2. The van der Waals surface area contributed by atoms with Crippen LogP contribution in [-0.2, 0) is 16.4 Å². The van der Waals surface area contributed by atoms with Crippen molar-refractivity contribution in [2.75, 3.05) is 19.8 Å². The van der Waals surface area contributed by atoms with Gasteiger partial charge in [0.1, 0.15) is 13.2 Å². The van der Waals surface area contributed by atoms with Gasteiger partial charge in [-0.2, -0.15) is 0 Å². The zero-order valence-corrected chi connectivity index (χ0v) is 13.8. The normalized spacial score (nSPS) is 15.0. The molecule has 0 fully saturated rings. The molecule has 0 spiro atoms. The van der Waals surface area contributed by atoms with Crippen molar-refractivity contribution in [2.45, 2.75) is 17.4 Å². The van der Waals surface area contributed by atoms with Gasteiger partial charge in [0.15, 0.2) is 11.5 Å². The third-order valence-corrected chi connectivity index (χ3v) is 5.21. The minimum atomic E-state index is -3.77. The van der Waals surface area contributed by atoms with E-state index in [4.69, 9.17) is 9.47 Å². The first-order valence-electron chi connectivity index (χ1n) is 7.65. The van der Waals surface area contributed by atoms with Gasteiger partial charge in [0.2, 0.25) is 10.0 Å². The lowest BCUT2D eigenvalue weighted by Crippen LogP contribution is -2.39. The number of benzene rings is 2. The molecule has 1 atom stereocenters. The molecule has 1 aliphatic heterocycles. The fraction of sp³-hybridized carbons (Fsp3) is 0.294. The first kappa shape index (κ1) is 16.8. The summed E-state index contributed by atoms with van der Waals surface area (Å²) >= 11 is 0. The number of aliphatic hydroxyl groups excluding tert-OH is 1. The second-order valence-electron chi connectivity index (χ2n) is 5.50. The molecule has 0 radical (unpaired) electrons. The van der Waals surface area contributed by atoms with Gasteiger partial charge >= 0.3 is 0 Å². The molecule has 6 nitrogen and oxygen atoms in total. The van der Waals surface area contributed by atoms with Crippen molar-refractivity contribution in [1.29, 1.82) is 0 Å². The molecule has 1 aliphatic rings. The fourth-order valence-electron chi connectivity index (χ4n) is 2.52. The molecular formula is C17H19NO5S. The quantitative estimate of drug-likeness (QED) is 0.822. The van der Waals surface area contributed by atoms with Crippen molar-refractivity contribution in [1.82, 2.24) is 4.72 Å². The van der Waals surface area contributed by atoms with Gasteiger partial charge in [-0.05, 0) is 24.1 Å².